The molecule has 1 unspecified atom stereocenters. The summed E-state index contributed by atoms with van der Waals surface area (Å²) >= 11 is 0. The summed E-state index contributed by atoms with van der Waals surface area (Å²) in [7, 11) is 3.53. The second-order valence-corrected chi connectivity index (χ2v) is 4.01. The normalized spacial score (nSPS) is 22.4. The molecule has 1 heterocycles. The van der Waals surface area contributed by atoms with Crippen molar-refractivity contribution in [1.29, 1.82) is 0 Å². The molecule has 0 bridgehead atoms. The number of carbonyl (C=O) groups excluding carboxylic acids is 1. The molecule has 82 valence electrons. The molecule has 0 spiro atoms. The van der Waals surface area contributed by atoms with Crippen molar-refractivity contribution in [1.82, 2.24) is 15.1 Å². The van der Waals surface area contributed by atoms with Crippen LogP contribution >= 0.6 is 0 Å². The molecule has 0 aromatic carbocycles. The summed E-state index contributed by atoms with van der Waals surface area (Å²) in [5.74, 6) is 0. The maximum Gasteiger partial charge on any atom is 0.316 e. The Morgan fingerprint density at radius 1 is 1.57 bits per heavy atom. The van der Waals surface area contributed by atoms with Crippen LogP contribution in [0.5, 0.6) is 0 Å². The van der Waals surface area contributed by atoms with E-state index in [2.05, 4.69) is 17.1 Å². The summed E-state index contributed by atoms with van der Waals surface area (Å²) in [5.41, 5.74) is 0. The van der Waals surface area contributed by atoms with Crippen molar-refractivity contribution in [3.05, 3.63) is 0 Å². The third kappa shape index (κ3) is 2.87. The maximum absolute atomic E-state index is 11.3. The van der Waals surface area contributed by atoms with Gasteiger partial charge in [0.05, 0.1) is 0 Å². The molecule has 0 aromatic heterocycles. The van der Waals surface area contributed by atoms with E-state index in [0.717, 1.165) is 13.1 Å². The molecule has 4 heteroatoms. The Kier molecular flexibility index (Phi) is 4.20. The number of hydrogen-bond donors (Lipinski definition) is 1. The number of nitrogens with one attached hydrogen (secondary N) is 1. The van der Waals surface area contributed by atoms with Gasteiger partial charge in [-0.2, -0.15) is 0 Å². The number of likely N-dealkylation sites (N-methyl/N-ethyl adjacent to an activating group) is 1. The molecule has 0 aliphatic carbocycles. The van der Waals surface area contributed by atoms with Crippen molar-refractivity contribution in [2.45, 2.75) is 25.8 Å². The van der Waals surface area contributed by atoms with E-state index in [1.165, 1.54) is 19.4 Å². The monoisotopic (exact) mass is 199 g/mol. The highest BCUT2D eigenvalue weighted by Crippen LogP contribution is 2.15. The molecule has 1 aliphatic rings. The van der Waals surface area contributed by atoms with Crippen LogP contribution in [0.2, 0.25) is 0 Å². The van der Waals surface area contributed by atoms with Gasteiger partial charge in [-0.25, -0.2) is 4.79 Å². The second kappa shape index (κ2) is 5.20. The summed E-state index contributed by atoms with van der Waals surface area (Å²) in [6.07, 6.45) is 2.47. The first-order chi connectivity index (χ1) is 6.65. The molecule has 1 atom stereocenters. The first kappa shape index (κ1) is 11.3. The third-order valence-corrected chi connectivity index (χ3v) is 2.80. The average Bonchev–Trinajstić information content (AvgIpc) is 2.60. The zero-order chi connectivity index (χ0) is 10.6. The number of hydrogen-bond acceptors (Lipinski definition) is 2. The summed E-state index contributed by atoms with van der Waals surface area (Å²) < 4.78 is 0. The van der Waals surface area contributed by atoms with Crippen LogP contribution in [0.3, 0.4) is 0 Å². The number of likely N-dealkylation sites (tertiary alicyclic amines) is 1. The fraction of sp³-hybridized carbons (Fsp3) is 0.900. The van der Waals surface area contributed by atoms with Crippen LogP contribution in [-0.2, 0) is 0 Å². The number of nitrogens with zero attached hydrogens (tertiary/aromatic N) is 2. The Morgan fingerprint density at radius 2 is 2.29 bits per heavy atom. The van der Waals surface area contributed by atoms with Gasteiger partial charge in [0.25, 0.3) is 0 Å². The van der Waals surface area contributed by atoms with E-state index in [4.69, 9.17) is 0 Å². The van der Waals surface area contributed by atoms with Crippen LogP contribution < -0.4 is 5.32 Å². The van der Waals surface area contributed by atoms with Crippen LogP contribution in [0.1, 0.15) is 19.8 Å². The van der Waals surface area contributed by atoms with Crippen molar-refractivity contribution < 1.29 is 4.79 Å². The molecule has 0 radical (unpaired) electrons. The molecular weight excluding hydrogens is 178 g/mol. The Balaban J connectivity index is 2.27. The first-order valence-corrected chi connectivity index (χ1v) is 5.34. The quantitative estimate of drug-likeness (QED) is 0.727. The van der Waals surface area contributed by atoms with Gasteiger partial charge in [-0.15, -0.1) is 0 Å². The van der Waals surface area contributed by atoms with Crippen molar-refractivity contribution in [3.63, 3.8) is 0 Å². The molecule has 1 aliphatic heterocycles. The zero-order valence-electron chi connectivity index (χ0n) is 9.42. The molecule has 14 heavy (non-hydrogen) atoms. The lowest BCUT2D eigenvalue weighted by atomic mass is 10.2. The minimum atomic E-state index is 0.00736. The van der Waals surface area contributed by atoms with Crippen molar-refractivity contribution >= 4 is 6.03 Å². The zero-order valence-corrected chi connectivity index (χ0v) is 9.42. The molecule has 0 aromatic rings. The maximum atomic E-state index is 11.3. The van der Waals surface area contributed by atoms with Gasteiger partial charge in [0.15, 0.2) is 0 Å². The van der Waals surface area contributed by atoms with Gasteiger partial charge in [-0.3, -0.25) is 4.90 Å². The minimum absolute atomic E-state index is 0.00736. The van der Waals surface area contributed by atoms with Gasteiger partial charge in [-0.1, -0.05) is 6.92 Å². The summed E-state index contributed by atoms with van der Waals surface area (Å²) in [6.45, 7) is 5.22. The van der Waals surface area contributed by atoms with Crippen LogP contribution in [0.25, 0.3) is 0 Å². The van der Waals surface area contributed by atoms with Gasteiger partial charge in [0.2, 0.25) is 0 Å². The van der Waals surface area contributed by atoms with Crippen molar-refractivity contribution in [2.24, 2.45) is 0 Å². The predicted molar refractivity (Wildman–Crippen MR) is 57.4 cm³/mol. The molecule has 2 amide bonds. The number of rotatable bonds is 3. The largest absolute Gasteiger partial charge is 0.336 e. The first-order valence-electron chi connectivity index (χ1n) is 5.34. The van der Waals surface area contributed by atoms with Crippen LogP contribution in [0.4, 0.5) is 4.79 Å². The smallest absolute Gasteiger partial charge is 0.316 e. The van der Waals surface area contributed by atoms with E-state index in [1.54, 1.807) is 19.0 Å². The number of amides is 2. The van der Waals surface area contributed by atoms with E-state index < -0.39 is 0 Å². The second-order valence-electron chi connectivity index (χ2n) is 4.01. The molecule has 1 rings (SSSR count). The summed E-state index contributed by atoms with van der Waals surface area (Å²) in [5, 5.41) is 2.93. The SMILES string of the molecule is CCN1CCCC1CNC(=O)N(C)C. The van der Waals surface area contributed by atoms with E-state index in [-0.39, 0.29) is 6.03 Å². The lowest BCUT2D eigenvalue weighted by molar-refractivity contribution is 0.208. The summed E-state index contributed by atoms with van der Waals surface area (Å²) in [6, 6.07) is 0.553. The predicted octanol–water partition coefficient (Wildman–Crippen LogP) is 0.742. The van der Waals surface area contributed by atoms with Crippen molar-refractivity contribution in [2.75, 3.05) is 33.7 Å². The Labute approximate surface area is 86.2 Å². The molecule has 1 saturated heterocycles. The highest BCUT2D eigenvalue weighted by atomic mass is 16.2. The summed E-state index contributed by atoms with van der Waals surface area (Å²) in [4.78, 5) is 15.3. The molecule has 4 nitrogen and oxygen atoms in total. The van der Waals surface area contributed by atoms with Crippen LogP contribution in [0, 0.1) is 0 Å². The van der Waals surface area contributed by atoms with E-state index in [0.29, 0.717) is 6.04 Å². The van der Waals surface area contributed by atoms with E-state index >= 15 is 0 Å². The molecule has 1 N–H and O–H groups in total. The Morgan fingerprint density at radius 3 is 2.86 bits per heavy atom. The number of carbonyl (C=O) groups is 1. The van der Waals surface area contributed by atoms with Gasteiger partial charge < -0.3 is 10.2 Å². The molecule has 1 fully saturated rings. The lowest BCUT2D eigenvalue weighted by Crippen LogP contribution is -2.43. The van der Waals surface area contributed by atoms with Crippen molar-refractivity contribution in [3.8, 4) is 0 Å². The van der Waals surface area contributed by atoms with Gasteiger partial charge in [0.1, 0.15) is 0 Å². The van der Waals surface area contributed by atoms with Gasteiger partial charge >= 0.3 is 6.03 Å². The molecular formula is C10H21N3O. The Bertz CT molecular complexity index is 194. The standard InChI is InChI=1S/C10H21N3O/c1-4-13-7-5-6-9(13)8-11-10(14)12(2)3/h9H,4-8H2,1-3H3,(H,11,14). The Hall–Kier alpha value is -0.770. The molecule has 0 saturated carbocycles. The van der Waals surface area contributed by atoms with Crippen LogP contribution in [-0.4, -0.2) is 55.6 Å². The van der Waals surface area contributed by atoms with E-state index in [9.17, 15) is 4.79 Å². The van der Waals surface area contributed by atoms with Gasteiger partial charge in [-0.05, 0) is 25.9 Å². The van der Waals surface area contributed by atoms with Crippen LogP contribution in [0.15, 0.2) is 0 Å². The fourth-order valence-corrected chi connectivity index (χ4v) is 1.91. The average molecular weight is 199 g/mol. The highest BCUT2D eigenvalue weighted by Gasteiger charge is 2.23. The topological polar surface area (TPSA) is 35.6 Å². The minimum Gasteiger partial charge on any atom is -0.336 e. The number of urea groups is 1. The highest BCUT2D eigenvalue weighted by molar-refractivity contribution is 5.73. The fourth-order valence-electron chi connectivity index (χ4n) is 1.91. The van der Waals surface area contributed by atoms with E-state index in [1.807, 2.05) is 0 Å². The lowest BCUT2D eigenvalue weighted by Gasteiger charge is -2.23. The van der Waals surface area contributed by atoms with Gasteiger partial charge in [0, 0.05) is 26.7 Å². The third-order valence-electron chi connectivity index (χ3n) is 2.80.